The van der Waals surface area contributed by atoms with Gasteiger partial charge in [-0.1, -0.05) is 0 Å². The number of rotatable bonds is 3. The fourth-order valence-corrected chi connectivity index (χ4v) is 1.81. The summed E-state index contributed by atoms with van der Waals surface area (Å²) < 4.78 is 9.96. The SMILES string of the molecule is CCOC(=O)NC1C(C)OC(CO)[C@@H](O)[C@@H]1O. The van der Waals surface area contributed by atoms with Crippen molar-refractivity contribution in [3.63, 3.8) is 0 Å². The molecule has 0 aromatic rings. The van der Waals surface area contributed by atoms with Crippen molar-refractivity contribution in [2.45, 2.75) is 44.3 Å². The zero-order valence-electron chi connectivity index (χ0n) is 9.87. The quantitative estimate of drug-likeness (QED) is 0.490. The Bertz CT molecular complexity index is 261. The summed E-state index contributed by atoms with van der Waals surface area (Å²) >= 11 is 0. The second-order valence-electron chi connectivity index (χ2n) is 3.93. The molecule has 1 aliphatic heterocycles. The molecule has 1 saturated heterocycles. The van der Waals surface area contributed by atoms with Crippen LogP contribution in [0.5, 0.6) is 0 Å². The Hall–Kier alpha value is -0.890. The van der Waals surface area contributed by atoms with Gasteiger partial charge in [-0.2, -0.15) is 0 Å². The van der Waals surface area contributed by atoms with E-state index in [1.807, 2.05) is 0 Å². The third kappa shape index (κ3) is 3.29. The summed E-state index contributed by atoms with van der Waals surface area (Å²) in [5.74, 6) is 0. The first kappa shape index (κ1) is 14.2. The van der Waals surface area contributed by atoms with Gasteiger partial charge in [0, 0.05) is 0 Å². The van der Waals surface area contributed by atoms with Gasteiger partial charge in [0.05, 0.1) is 25.4 Å². The highest BCUT2D eigenvalue weighted by atomic mass is 16.6. The molecule has 0 aromatic heterocycles. The smallest absolute Gasteiger partial charge is 0.407 e. The highest BCUT2D eigenvalue weighted by Gasteiger charge is 2.43. The van der Waals surface area contributed by atoms with E-state index in [2.05, 4.69) is 10.1 Å². The molecule has 0 spiro atoms. The van der Waals surface area contributed by atoms with Crippen LogP contribution in [0.4, 0.5) is 4.79 Å². The molecule has 1 amide bonds. The van der Waals surface area contributed by atoms with Crippen LogP contribution in [0.2, 0.25) is 0 Å². The zero-order chi connectivity index (χ0) is 13.0. The lowest BCUT2D eigenvalue weighted by Gasteiger charge is -2.41. The van der Waals surface area contributed by atoms with E-state index in [4.69, 9.17) is 9.84 Å². The molecule has 17 heavy (non-hydrogen) atoms. The summed E-state index contributed by atoms with van der Waals surface area (Å²) in [5.41, 5.74) is 0. The molecule has 0 saturated carbocycles. The van der Waals surface area contributed by atoms with E-state index in [1.54, 1.807) is 13.8 Å². The van der Waals surface area contributed by atoms with Crippen molar-refractivity contribution in [2.75, 3.05) is 13.2 Å². The first-order valence-corrected chi connectivity index (χ1v) is 5.57. The summed E-state index contributed by atoms with van der Waals surface area (Å²) in [6.07, 6.45) is -4.51. The molecular weight excluding hydrogens is 230 g/mol. The van der Waals surface area contributed by atoms with E-state index < -0.39 is 43.2 Å². The monoisotopic (exact) mass is 249 g/mol. The molecule has 1 heterocycles. The summed E-state index contributed by atoms with van der Waals surface area (Å²) in [6.45, 7) is 3.11. The molecule has 5 atom stereocenters. The van der Waals surface area contributed by atoms with E-state index in [0.717, 1.165) is 0 Å². The average molecular weight is 249 g/mol. The van der Waals surface area contributed by atoms with Gasteiger partial charge in [-0.25, -0.2) is 4.79 Å². The number of aliphatic hydroxyl groups is 3. The van der Waals surface area contributed by atoms with Gasteiger partial charge in [0.25, 0.3) is 0 Å². The number of hydrogen-bond donors (Lipinski definition) is 4. The molecule has 100 valence electrons. The van der Waals surface area contributed by atoms with Gasteiger partial charge in [-0.05, 0) is 13.8 Å². The molecule has 7 heteroatoms. The van der Waals surface area contributed by atoms with Crippen LogP contribution < -0.4 is 5.32 Å². The van der Waals surface area contributed by atoms with Crippen LogP contribution in [0, 0.1) is 0 Å². The van der Waals surface area contributed by atoms with Gasteiger partial charge >= 0.3 is 6.09 Å². The Kier molecular flexibility index (Phi) is 5.13. The predicted octanol–water partition coefficient (Wildman–Crippen LogP) is -1.40. The van der Waals surface area contributed by atoms with Crippen LogP contribution in [-0.2, 0) is 9.47 Å². The standard InChI is InChI=1S/C10H19NO6/c1-3-16-10(15)11-7-5(2)17-6(4-12)8(13)9(7)14/h5-9,12-14H,3-4H2,1-2H3,(H,11,15)/t5?,6?,7?,8-,9-/m1/s1. The number of alkyl carbamates (subject to hydrolysis) is 1. The maximum atomic E-state index is 11.2. The van der Waals surface area contributed by atoms with Crippen molar-refractivity contribution in [1.82, 2.24) is 5.32 Å². The first-order chi connectivity index (χ1) is 8.01. The number of carbonyl (C=O) groups is 1. The molecule has 1 fully saturated rings. The number of hydrogen-bond acceptors (Lipinski definition) is 6. The van der Waals surface area contributed by atoms with Crippen molar-refractivity contribution in [3.05, 3.63) is 0 Å². The minimum absolute atomic E-state index is 0.214. The van der Waals surface area contributed by atoms with Crippen molar-refractivity contribution >= 4 is 6.09 Å². The average Bonchev–Trinajstić information content (AvgIpc) is 2.29. The Balaban J connectivity index is 2.63. The van der Waals surface area contributed by atoms with Gasteiger partial charge < -0.3 is 30.1 Å². The normalized spacial score (nSPS) is 37.6. The molecule has 0 aromatic carbocycles. The molecule has 4 N–H and O–H groups in total. The van der Waals surface area contributed by atoms with Crippen molar-refractivity contribution in [2.24, 2.45) is 0 Å². The highest BCUT2D eigenvalue weighted by molar-refractivity contribution is 5.67. The Morgan fingerprint density at radius 3 is 2.59 bits per heavy atom. The summed E-state index contributed by atoms with van der Waals surface area (Å²) in [4.78, 5) is 11.2. The van der Waals surface area contributed by atoms with Gasteiger partial charge in [-0.15, -0.1) is 0 Å². The van der Waals surface area contributed by atoms with Gasteiger partial charge in [0.15, 0.2) is 0 Å². The lowest BCUT2D eigenvalue weighted by molar-refractivity contribution is -0.188. The topological polar surface area (TPSA) is 108 Å². The number of carbonyl (C=O) groups excluding carboxylic acids is 1. The van der Waals surface area contributed by atoms with E-state index in [0.29, 0.717) is 0 Å². The van der Waals surface area contributed by atoms with Crippen LogP contribution in [0.15, 0.2) is 0 Å². The summed E-state index contributed by atoms with van der Waals surface area (Å²) in [5, 5.41) is 30.8. The van der Waals surface area contributed by atoms with Crippen LogP contribution >= 0.6 is 0 Å². The fourth-order valence-electron chi connectivity index (χ4n) is 1.81. The molecule has 1 rings (SSSR count). The number of amides is 1. The Morgan fingerprint density at radius 1 is 1.41 bits per heavy atom. The van der Waals surface area contributed by atoms with Crippen molar-refractivity contribution in [3.8, 4) is 0 Å². The summed E-state index contributed by atoms with van der Waals surface area (Å²) in [6, 6.07) is -0.771. The highest BCUT2D eigenvalue weighted by Crippen LogP contribution is 2.20. The van der Waals surface area contributed by atoms with Gasteiger partial charge in [0.1, 0.15) is 18.3 Å². The van der Waals surface area contributed by atoms with E-state index in [-0.39, 0.29) is 6.61 Å². The van der Waals surface area contributed by atoms with Crippen molar-refractivity contribution < 1.29 is 29.6 Å². The van der Waals surface area contributed by atoms with E-state index in [1.165, 1.54) is 0 Å². The van der Waals surface area contributed by atoms with Crippen LogP contribution in [0.3, 0.4) is 0 Å². The van der Waals surface area contributed by atoms with Crippen LogP contribution in [-0.4, -0.2) is 65.1 Å². The molecule has 3 unspecified atom stereocenters. The lowest BCUT2D eigenvalue weighted by Crippen LogP contribution is -2.63. The molecule has 7 nitrogen and oxygen atoms in total. The molecule has 1 aliphatic rings. The molecule has 0 bridgehead atoms. The Labute approximate surface area is 99.3 Å². The largest absolute Gasteiger partial charge is 0.450 e. The van der Waals surface area contributed by atoms with Crippen LogP contribution in [0.1, 0.15) is 13.8 Å². The third-order valence-electron chi connectivity index (χ3n) is 2.73. The summed E-state index contributed by atoms with van der Waals surface area (Å²) in [7, 11) is 0. The number of ether oxygens (including phenoxy) is 2. The van der Waals surface area contributed by atoms with Gasteiger partial charge in [-0.3, -0.25) is 0 Å². The lowest BCUT2D eigenvalue weighted by atomic mass is 9.94. The molecule has 0 aliphatic carbocycles. The van der Waals surface area contributed by atoms with E-state index >= 15 is 0 Å². The molecular formula is C10H19NO6. The van der Waals surface area contributed by atoms with Gasteiger partial charge in [0.2, 0.25) is 0 Å². The minimum atomic E-state index is -1.25. The number of nitrogens with one attached hydrogen (secondary N) is 1. The number of aliphatic hydroxyl groups excluding tert-OH is 3. The predicted molar refractivity (Wildman–Crippen MR) is 57.4 cm³/mol. The van der Waals surface area contributed by atoms with Crippen LogP contribution in [0.25, 0.3) is 0 Å². The maximum Gasteiger partial charge on any atom is 0.407 e. The second kappa shape index (κ2) is 6.15. The van der Waals surface area contributed by atoms with E-state index in [9.17, 15) is 15.0 Å². The minimum Gasteiger partial charge on any atom is -0.450 e. The maximum absolute atomic E-state index is 11.2. The fraction of sp³-hybridized carbons (Fsp3) is 0.900. The zero-order valence-corrected chi connectivity index (χ0v) is 9.87. The van der Waals surface area contributed by atoms with Crippen molar-refractivity contribution in [1.29, 1.82) is 0 Å². The molecule has 0 radical (unpaired) electrons. The Morgan fingerprint density at radius 2 is 2.06 bits per heavy atom. The second-order valence-corrected chi connectivity index (χ2v) is 3.93. The third-order valence-corrected chi connectivity index (χ3v) is 2.73. The first-order valence-electron chi connectivity index (χ1n) is 5.57.